The molecule has 0 unspecified atom stereocenters. The molecule has 0 spiro atoms. The molecule has 0 aromatic heterocycles. The Labute approximate surface area is 101 Å². The van der Waals surface area contributed by atoms with Crippen molar-refractivity contribution >= 4 is 8.32 Å². The van der Waals surface area contributed by atoms with Crippen LogP contribution in [0.15, 0.2) is 0 Å². The van der Waals surface area contributed by atoms with E-state index in [1.165, 1.54) is 19.5 Å². The normalized spacial score (nSPS) is 33.9. The van der Waals surface area contributed by atoms with Crippen molar-refractivity contribution in [3.05, 3.63) is 0 Å². The molecule has 3 atom stereocenters. The molecule has 0 aromatic rings. The molecule has 1 aliphatic heterocycles. The highest BCUT2D eigenvalue weighted by Crippen LogP contribution is 2.50. The molecule has 2 nitrogen and oxygen atoms in total. The molecule has 2 aliphatic rings. The van der Waals surface area contributed by atoms with Crippen LogP contribution < -0.4 is 5.32 Å². The third kappa shape index (κ3) is 2.36. The summed E-state index contributed by atoms with van der Waals surface area (Å²) in [6.07, 6.45) is 1.30. The maximum absolute atomic E-state index is 6.23. The first kappa shape index (κ1) is 12.6. The van der Waals surface area contributed by atoms with Gasteiger partial charge in [0.25, 0.3) is 0 Å². The minimum atomic E-state index is -1.50. The van der Waals surface area contributed by atoms with Crippen molar-refractivity contribution in [2.75, 3.05) is 19.7 Å². The van der Waals surface area contributed by atoms with Gasteiger partial charge in [-0.1, -0.05) is 20.8 Å². The predicted octanol–water partition coefficient (Wildman–Crippen LogP) is 2.86. The Hall–Kier alpha value is 0.137. The standard InChI is InChI=1S/C13H27NOSi/c1-13(2,3)16(4,5)15-7-6-10-11-8-14-9-12(10)11/h10-12,14H,6-9H2,1-5H3/t10-,11+,12-. The van der Waals surface area contributed by atoms with E-state index in [1.54, 1.807) is 0 Å². The van der Waals surface area contributed by atoms with E-state index in [0.717, 1.165) is 24.4 Å². The van der Waals surface area contributed by atoms with Crippen molar-refractivity contribution in [2.45, 2.75) is 45.3 Å². The SMILES string of the molecule is CC(C)(C)[Si](C)(C)OCC[C@H]1[C@H]2CNC[C@@H]12. The molecule has 1 saturated carbocycles. The van der Waals surface area contributed by atoms with Gasteiger partial charge >= 0.3 is 0 Å². The van der Waals surface area contributed by atoms with Crippen LogP contribution in [0.1, 0.15) is 27.2 Å². The van der Waals surface area contributed by atoms with Crippen LogP contribution in [0.25, 0.3) is 0 Å². The van der Waals surface area contributed by atoms with Gasteiger partial charge in [0.2, 0.25) is 0 Å². The smallest absolute Gasteiger partial charge is 0.191 e. The van der Waals surface area contributed by atoms with Gasteiger partial charge in [0.1, 0.15) is 0 Å². The lowest BCUT2D eigenvalue weighted by atomic mass is 10.2. The van der Waals surface area contributed by atoms with E-state index in [1.807, 2.05) is 0 Å². The van der Waals surface area contributed by atoms with E-state index in [-0.39, 0.29) is 0 Å². The molecule has 2 rings (SSSR count). The van der Waals surface area contributed by atoms with Crippen LogP contribution in [0.2, 0.25) is 18.1 Å². The maximum Gasteiger partial charge on any atom is 0.191 e. The summed E-state index contributed by atoms with van der Waals surface area (Å²) in [6, 6.07) is 0. The lowest BCUT2D eigenvalue weighted by Crippen LogP contribution is -2.41. The zero-order valence-electron chi connectivity index (χ0n) is 11.5. The average Bonchev–Trinajstić information content (AvgIpc) is 2.57. The summed E-state index contributed by atoms with van der Waals surface area (Å²) in [5.41, 5.74) is 0. The van der Waals surface area contributed by atoms with Gasteiger partial charge in [-0.15, -0.1) is 0 Å². The fourth-order valence-electron chi connectivity index (χ4n) is 2.64. The number of hydrogen-bond acceptors (Lipinski definition) is 2. The summed E-state index contributed by atoms with van der Waals surface area (Å²) in [5, 5.41) is 3.81. The molecule has 16 heavy (non-hydrogen) atoms. The summed E-state index contributed by atoms with van der Waals surface area (Å²) >= 11 is 0. The lowest BCUT2D eigenvalue weighted by molar-refractivity contribution is 0.268. The molecule has 0 amide bonds. The molecule has 3 heteroatoms. The Bertz CT molecular complexity index is 249. The third-order valence-corrected chi connectivity index (χ3v) is 9.53. The molecule has 1 saturated heterocycles. The highest BCUT2D eigenvalue weighted by molar-refractivity contribution is 6.74. The van der Waals surface area contributed by atoms with Crippen molar-refractivity contribution in [3.63, 3.8) is 0 Å². The first-order valence-corrected chi connectivity index (χ1v) is 9.58. The summed E-state index contributed by atoms with van der Waals surface area (Å²) in [5.74, 6) is 2.96. The number of rotatable bonds is 4. The number of piperidine rings is 1. The molecule has 1 aliphatic carbocycles. The van der Waals surface area contributed by atoms with Crippen LogP contribution in [0.3, 0.4) is 0 Å². The topological polar surface area (TPSA) is 21.3 Å². The van der Waals surface area contributed by atoms with Crippen LogP contribution >= 0.6 is 0 Å². The summed E-state index contributed by atoms with van der Waals surface area (Å²) in [7, 11) is -1.50. The molecular weight excluding hydrogens is 214 g/mol. The summed E-state index contributed by atoms with van der Waals surface area (Å²) < 4.78 is 6.23. The average molecular weight is 241 g/mol. The Morgan fingerprint density at radius 1 is 1.19 bits per heavy atom. The van der Waals surface area contributed by atoms with Gasteiger partial charge < -0.3 is 9.74 Å². The lowest BCUT2D eigenvalue weighted by Gasteiger charge is -2.36. The van der Waals surface area contributed by atoms with Crippen LogP contribution in [0, 0.1) is 17.8 Å². The van der Waals surface area contributed by atoms with Gasteiger partial charge in [0.15, 0.2) is 8.32 Å². The van der Waals surface area contributed by atoms with Gasteiger partial charge in [-0.05, 0) is 55.4 Å². The molecule has 1 N–H and O–H groups in total. The van der Waals surface area contributed by atoms with Crippen molar-refractivity contribution in [1.29, 1.82) is 0 Å². The highest BCUT2D eigenvalue weighted by Gasteiger charge is 2.52. The molecule has 0 radical (unpaired) electrons. The minimum absolute atomic E-state index is 0.355. The summed E-state index contributed by atoms with van der Waals surface area (Å²) in [6.45, 7) is 15.2. The largest absolute Gasteiger partial charge is 0.417 e. The highest BCUT2D eigenvalue weighted by atomic mass is 28.4. The molecule has 0 bridgehead atoms. The predicted molar refractivity (Wildman–Crippen MR) is 71.1 cm³/mol. The Morgan fingerprint density at radius 2 is 1.75 bits per heavy atom. The molecule has 0 aromatic carbocycles. The van der Waals surface area contributed by atoms with E-state index in [2.05, 4.69) is 39.2 Å². The van der Waals surface area contributed by atoms with Crippen molar-refractivity contribution in [2.24, 2.45) is 17.8 Å². The first-order valence-electron chi connectivity index (χ1n) is 6.67. The number of nitrogens with one attached hydrogen (secondary N) is 1. The first-order chi connectivity index (χ1) is 7.33. The monoisotopic (exact) mass is 241 g/mol. The summed E-state index contributed by atoms with van der Waals surface area (Å²) in [4.78, 5) is 0. The van der Waals surface area contributed by atoms with Crippen LogP contribution in [-0.2, 0) is 4.43 Å². The van der Waals surface area contributed by atoms with Gasteiger partial charge in [-0.2, -0.15) is 0 Å². The van der Waals surface area contributed by atoms with Crippen molar-refractivity contribution in [3.8, 4) is 0 Å². The fraction of sp³-hybridized carbons (Fsp3) is 1.00. The zero-order valence-corrected chi connectivity index (χ0v) is 12.5. The van der Waals surface area contributed by atoms with Gasteiger partial charge in [0, 0.05) is 6.61 Å². The van der Waals surface area contributed by atoms with E-state index in [9.17, 15) is 0 Å². The maximum atomic E-state index is 6.23. The molecule has 2 fully saturated rings. The van der Waals surface area contributed by atoms with E-state index in [4.69, 9.17) is 4.43 Å². The second-order valence-corrected chi connectivity index (χ2v) is 11.9. The quantitative estimate of drug-likeness (QED) is 0.764. The van der Waals surface area contributed by atoms with Gasteiger partial charge in [-0.25, -0.2) is 0 Å². The second-order valence-electron chi connectivity index (χ2n) is 7.05. The van der Waals surface area contributed by atoms with Crippen molar-refractivity contribution in [1.82, 2.24) is 5.32 Å². The minimum Gasteiger partial charge on any atom is -0.417 e. The number of hydrogen-bond donors (Lipinski definition) is 1. The van der Waals surface area contributed by atoms with E-state index < -0.39 is 8.32 Å². The fourth-order valence-corrected chi connectivity index (χ4v) is 3.70. The molecule has 94 valence electrons. The van der Waals surface area contributed by atoms with Crippen LogP contribution in [0.5, 0.6) is 0 Å². The van der Waals surface area contributed by atoms with Gasteiger partial charge in [0.05, 0.1) is 0 Å². The molecular formula is C13H27NOSi. The van der Waals surface area contributed by atoms with Crippen molar-refractivity contribution < 1.29 is 4.43 Å². The number of fused-ring (bicyclic) bond motifs is 1. The Morgan fingerprint density at radius 3 is 2.25 bits per heavy atom. The second kappa shape index (κ2) is 4.11. The third-order valence-electron chi connectivity index (χ3n) is 4.99. The van der Waals surface area contributed by atoms with Gasteiger partial charge in [-0.3, -0.25) is 0 Å². The Kier molecular flexibility index (Phi) is 3.23. The van der Waals surface area contributed by atoms with E-state index in [0.29, 0.717) is 5.04 Å². The molecule has 1 heterocycles. The van der Waals surface area contributed by atoms with Crippen LogP contribution in [-0.4, -0.2) is 28.0 Å². The van der Waals surface area contributed by atoms with E-state index >= 15 is 0 Å². The Balaban J connectivity index is 1.69. The van der Waals surface area contributed by atoms with Crippen LogP contribution in [0.4, 0.5) is 0 Å². The zero-order chi connectivity index (χ0) is 12.0.